The average molecular weight is 358 g/mol. The standard InChI is InChI=1S/C21H30N2O3/c1-25-20-9-11-23(17-19(20)16-18-6-3-2-4-7-18)21(24)8-5-10-22-12-14-26-15-13-22/h2-8,19-20H,9-17H2,1H3/t19-,20-/m1/s1. The number of hydrogen-bond acceptors (Lipinski definition) is 4. The Morgan fingerprint density at radius 3 is 2.73 bits per heavy atom. The summed E-state index contributed by atoms with van der Waals surface area (Å²) >= 11 is 0. The lowest BCUT2D eigenvalue weighted by atomic mass is 9.88. The molecule has 1 aromatic rings. The number of carbonyl (C=O) groups is 1. The van der Waals surface area contributed by atoms with Gasteiger partial charge in [-0.3, -0.25) is 9.69 Å². The van der Waals surface area contributed by atoms with Gasteiger partial charge in [-0.25, -0.2) is 0 Å². The van der Waals surface area contributed by atoms with Crippen LogP contribution in [0, 0.1) is 5.92 Å². The van der Waals surface area contributed by atoms with Crippen molar-refractivity contribution >= 4 is 5.91 Å². The molecular formula is C21H30N2O3. The summed E-state index contributed by atoms with van der Waals surface area (Å²) in [4.78, 5) is 16.9. The second kappa shape index (κ2) is 9.86. The van der Waals surface area contributed by atoms with Gasteiger partial charge in [0.15, 0.2) is 0 Å². The number of hydrogen-bond donors (Lipinski definition) is 0. The fraction of sp³-hybridized carbons (Fsp3) is 0.571. The normalized spacial score (nSPS) is 24.9. The van der Waals surface area contributed by atoms with Crippen LogP contribution in [0.15, 0.2) is 42.5 Å². The van der Waals surface area contributed by atoms with Gasteiger partial charge >= 0.3 is 0 Å². The van der Waals surface area contributed by atoms with Crippen molar-refractivity contribution in [1.29, 1.82) is 0 Å². The Morgan fingerprint density at radius 2 is 2.00 bits per heavy atom. The summed E-state index contributed by atoms with van der Waals surface area (Å²) in [7, 11) is 1.78. The molecule has 1 aromatic carbocycles. The molecule has 2 fully saturated rings. The molecule has 0 N–H and O–H groups in total. The zero-order chi connectivity index (χ0) is 18.2. The molecule has 2 atom stereocenters. The van der Waals surface area contributed by atoms with E-state index in [1.807, 2.05) is 17.0 Å². The van der Waals surface area contributed by atoms with Gasteiger partial charge < -0.3 is 14.4 Å². The van der Waals surface area contributed by atoms with Crippen LogP contribution in [-0.4, -0.2) is 74.9 Å². The number of methoxy groups -OCH3 is 1. The fourth-order valence-electron chi connectivity index (χ4n) is 3.83. The van der Waals surface area contributed by atoms with Crippen LogP contribution < -0.4 is 0 Å². The van der Waals surface area contributed by atoms with Gasteiger partial charge in [-0.15, -0.1) is 0 Å². The molecule has 2 heterocycles. The van der Waals surface area contributed by atoms with Crippen molar-refractivity contribution < 1.29 is 14.3 Å². The molecule has 2 aliphatic heterocycles. The lowest BCUT2D eigenvalue weighted by Gasteiger charge is -2.37. The van der Waals surface area contributed by atoms with E-state index in [-0.39, 0.29) is 12.0 Å². The molecule has 26 heavy (non-hydrogen) atoms. The highest BCUT2D eigenvalue weighted by atomic mass is 16.5. The first-order chi connectivity index (χ1) is 12.8. The summed E-state index contributed by atoms with van der Waals surface area (Å²) in [5, 5.41) is 0. The number of morpholine rings is 1. The minimum atomic E-state index is 0.117. The highest BCUT2D eigenvalue weighted by Gasteiger charge is 2.30. The number of likely N-dealkylation sites (tertiary alicyclic amines) is 1. The third-order valence-corrected chi connectivity index (χ3v) is 5.35. The fourth-order valence-corrected chi connectivity index (χ4v) is 3.83. The van der Waals surface area contributed by atoms with Crippen molar-refractivity contribution in [2.45, 2.75) is 18.9 Å². The first-order valence-corrected chi connectivity index (χ1v) is 9.58. The molecule has 0 aliphatic carbocycles. The first kappa shape index (κ1) is 19.1. The number of nitrogens with zero attached hydrogens (tertiary/aromatic N) is 2. The number of carbonyl (C=O) groups excluding carboxylic acids is 1. The molecule has 1 amide bonds. The zero-order valence-corrected chi connectivity index (χ0v) is 15.7. The van der Waals surface area contributed by atoms with Crippen molar-refractivity contribution in [2.24, 2.45) is 5.92 Å². The zero-order valence-electron chi connectivity index (χ0n) is 15.7. The molecule has 2 aliphatic rings. The first-order valence-electron chi connectivity index (χ1n) is 9.58. The summed E-state index contributed by atoms with van der Waals surface area (Å²) in [5.41, 5.74) is 1.30. The van der Waals surface area contributed by atoms with Crippen LogP contribution in [0.3, 0.4) is 0 Å². The Hall–Kier alpha value is -1.69. The maximum absolute atomic E-state index is 12.6. The maximum atomic E-state index is 12.6. The van der Waals surface area contributed by atoms with E-state index < -0.39 is 0 Å². The topological polar surface area (TPSA) is 42.0 Å². The number of rotatable bonds is 6. The van der Waals surface area contributed by atoms with Crippen molar-refractivity contribution in [1.82, 2.24) is 9.80 Å². The molecule has 0 saturated carbocycles. The third kappa shape index (κ3) is 5.40. The second-order valence-electron chi connectivity index (χ2n) is 7.11. The van der Waals surface area contributed by atoms with E-state index in [0.29, 0.717) is 5.92 Å². The molecule has 142 valence electrons. The van der Waals surface area contributed by atoms with E-state index in [0.717, 1.165) is 58.8 Å². The SMILES string of the molecule is CO[C@@H]1CCN(C(=O)C=CCN2CCOCC2)C[C@H]1Cc1ccccc1. The Morgan fingerprint density at radius 1 is 1.23 bits per heavy atom. The molecular weight excluding hydrogens is 328 g/mol. The summed E-state index contributed by atoms with van der Waals surface area (Å²) < 4.78 is 11.0. The van der Waals surface area contributed by atoms with Crippen LogP contribution in [-0.2, 0) is 20.7 Å². The van der Waals surface area contributed by atoms with Crippen LogP contribution in [0.1, 0.15) is 12.0 Å². The molecule has 5 heteroatoms. The van der Waals surface area contributed by atoms with Crippen molar-refractivity contribution in [3.63, 3.8) is 0 Å². The summed E-state index contributed by atoms with van der Waals surface area (Å²) in [6.07, 6.45) is 5.79. The number of ether oxygens (including phenoxy) is 2. The van der Waals surface area contributed by atoms with Gasteiger partial charge in [-0.05, 0) is 18.4 Å². The van der Waals surface area contributed by atoms with Crippen LogP contribution in [0.4, 0.5) is 0 Å². The Kier molecular flexibility index (Phi) is 7.23. The minimum Gasteiger partial charge on any atom is -0.381 e. The number of piperidine rings is 1. The van der Waals surface area contributed by atoms with E-state index in [1.54, 1.807) is 13.2 Å². The van der Waals surface area contributed by atoms with E-state index >= 15 is 0 Å². The summed E-state index contributed by atoms with van der Waals surface area (Å²) in [6, 6.07) is 10.5. The third-order valence-electron chi connectivity index (χ3n) is 5.35. The average Bonchev–Trinajstić information content (AvgIpc) is 2.69. The summed E-state index contributed by atoms with van der Waals surface area (Å²) in [6.45, 7) is 5.80. The van der Waals surface area contributed by atoms with Crippen molar-refractivity contribution in [3.05, 3.63) is 48.0 Å². The monoisotopic (exact) mass is 358 g/mol. The Bertz CT molecular complexity index is 584. The van der Waals surface area contributed by atoms with Crippen molar-refractivity contribution in [2.75, 3.05) is 53.0 Å². The van der Waals surface area contributed by atoms with E-state index in [9.17, 15) is 4.79 Å². The Labute approximate surface area is 156 Å². The number of amides is 1. The van der Waals surface area contributed by atoms with Crippen LogP contribution in [0.5, 0.6) is 0 Å². The van der Waals surface area contributed by atoms with Gasteiger partial charge in [0.1, 0.15) is 0 Å². The highest BCUT2D eigenvalue weighted by molar-refractivity contribution is 5.87. The van der Waals surface area contributed by atoms with E-state index in [2.05, 4.69) is 29.2 Å². The van der Waals surface area contributed by atoms with Gasteiger partial charge in [-0.1, -0.05) is 36.4 Å². The van der Waals surface area contributed by atoms with E-state index in [1.165, 1.54) is 5.56 Å². The summed E-state index contributed by atoms with van der Waals surface area (Å²) in [5.74, 6) is 0.457. The Balaban J connectivity index is 1.53. The van der Waals surface area contributed by atoms with E-state index in [4.69, 9.17) is 9.47 Å². The molecule has 0 aromatic heterocycles. The van der Waals surface area contributed by atoms with Gasteiger partial charge in [0.2, 0.25) is 5.91 Å². The van der Waals surface area contributed by atoms with Gasteiger partial charge in [0.25, 0.3) is 0 Å². The largest absolute Gasteiger partial charge is 0.381 e. The molecule has 5 nitrogen and oxygen atoms in total. The smallest absolute Gasteiger partial charge is 0.246 e. The molecule has 0 bridgehead atoms. The predicted octanol–water partition coefficient (Wildman–Crippen LogP) is 1.98. The second-order valence-corrected chi connectivity index (χ2v) is 7.11. The molecule has 0 radical (unpaired) electrons. The quantitative estimate of drug-likeness (QED) is 0.730. The van der Waals surface area contributed by atoms with Crippen LogP contribution >= 0.6 is 0 Å². The molecule has 0 unspecified atom stereocenters. The van der Waals surface area contributed by atoms with Gasteiger partial charge in [-0.2, -0.15) is 0 Å². The van der Waals surface area contributed by atoms with Crippen molar-refractivity contribution in [3.8, 4) is 0 Å². The lowest BCUT2D eigenvalue weighted by Crippen LogP contribution is -2.47. The highest BCUT2D eigenvalue weighted by Crippen LogP contribution is 2.24. The predicted molar refractivity (Wildman–Crippen MR) is 102 cm³/mol. The molecule has 2 saturated heterocycles. The molecule has 0 spiro atoms. The number of benzene rings is 1. The van der Waals surface area contributed by atoms with Gasteiger partial charge in [0.05, 0.1) is 19.3 Å². The maximum Gasteiger partial charge on any atom is 0.246 e. The lowest BCUT2D eigenvalue weighted by molar-refractivity contribution is -0.130. The minimum absolute atomic E-state index is 0.117. The van der Waals surface area contributed by atoms with Crippen LogP contribution in [0.2, 0.25) is 0 Å². The van der Waals surface area contributed by atoms with Gasteiger partial charge in [0, 0.05) is 51.8 Å². The van der Waals surface area contributed by atoms with Crippen LogP contribution in [0.25, 0.3) is 0 Å². The molecule has 3 rings (SSSR count).